The standard InChI is InChI=1S/C13H12F3N3O/c14-9-4-10(15)12(16)13-8(9)3-7(18-13)6-19-2-1-17-5-11(19)20/h4,17H,1-3,5-6H2. The topological polar surface area (TPSA) is 44.7 Å². The number of aliphatic imine (C=N–C) groups is 1. The van der Waals surface area contributed by atoms with E-state index in [0.29, 0.717) is 24.9 Å². The van der Waals surface area contributed by atoms with E-state index in [1.807, 2.05) is 0 Å². The van der Waals surface area contributed by atoms with Gasteiger partial charge in [-0.15, -0.1) is 0 Å². The Morgan fingerprint density at radius 3 is 2.85 bits per heavy atom. The number of piperazine rings is 1. The fourth-order valence-electron chi connectivity index (χ4n) is 2.43. The Labute approximate surface area is 113 Å². The van der Waals surface area contributed by atoms with Crippen LogP contribution in [0.5, 0.6) is 0 Å². The van der Waals surface area contributed by atoms with Gasteiger partial charge in [0, 0.05) is 36.9 Å². The van der Waals surface area contributed by atoms with Crippen LogP contribution < -0.4 is 5.32 Å². The molecule has 2 aliphatic heterocycles. The van der Waals surface area contributed by atoms with Crippen LogP contribution in [-0.2, 0) is 11.2 Å². The van der Waals surface area contributed by atoms with Crippen molar-refractivity contribution in [1.82, 2.24) is 10.2 Å². The molecule has 1 amide bonds. The SMILES string of the molecule is O=C1CNCCN1CC1=Nc2c(F)c(F)cc(F)c2C1. The Kier molecular flexibility index (Phi) is 3.21. The first-order valence-electron chi connectivity index (χ1n) is 6.27. The molecule has 0 atom stereocenters. The lowest BCUT2D eigenvalue weighted by atomic mass is 10.1. The number of amides is 1. The predicted molar refractivity (Wildman–Crippen MR) is 66.6 cm³/mol. The van der Waals surface area contributed by atoms with Gasteiger partial charge in [0.2, 0.25) is 5.91 Å². The van der Waals surface area contributed by atoms with Crippen molar-refractivity contribution in [3.05, 3.63) is 29.1 Å². The lowest BCUT2D eigenvalue weighted by Gasteiger charge is -2.27. The average molecular weight is 283 g/mol. The van der Waals surface area contributed by atoms with Crippen molar-refractivity contribution in [3.8, 4) is 0 Å². The number of hydrogen-bond acceptors (Lipinski definition) is 3. The summed E-state index contributed by atoms with van der Waals surface area (Å²) in [4.78, 5) is 17.2. The molecule has 0 saturated carbocycles. The lowest BCUT2D eigenvalue weighted by molar-refractivity contribution is -0.131. The van der Waals surface area contributed by atoms with E-state index in [2.05, 4.69) is 10.3 Å². The molecule has 0 spiro atoms. The molecule has 1 fully saturated rings. The summed E-state index contributed by atoms with van der Waals surface area (Å²) in [6.07, 6.45) is 0.107. The number of fused-ring (bicyclic) bond motifs is 1. The fraction of sp³-hybridized carbons (Fsp3) is 0.385. The van der Waals surface area contributed by atoms with E-state index in [1.54, 1.807) is 4.90 Å². The van der Waals surface area contributed by atoms with Gasteiger partial charge in [-0.3, -0.25) is 9.79 Å². The third-order valence-corrected chi connectivity index (χ3v) is 3.46. The minimum Gasteiger partial charge on any atom is -0.335 e. The Hall–Kier alpha value is -1.89. The molecule has 2 heterocycles. The van der Waals surface area contributed by atoms with Crippen molar-refractivity contribution in [2.24, 2.45) is 4.99 Å². The molecule has 2 aliphatic rings. The van der Waals surface area contributed by atoms with Gasteiger partial charge < -0.3 is 10.2 Å². The second-order valence-corrected chi connectivity index (χ2v) is 4.83. The molecule has 3 rings (SSSR count). The Morgan fingerprint density at radius 1 is 1.30 bits per heavy atom. The number of hydrogen-bond donors (Lipinski definition) is 1. The zero-order valence-electron chi connectivity index (χ0n) is 10.5. The summed E-state index contributed by atoms with van der Waals surface area (Å²) >= 11 is 0. The van der Waals surface area contributed by atoms with Crippen LogP contribution in [0.25, 0.3) is 0 Å². The molecular formula is C13H12F3N3O. The molecule has 1 saturated heterocycles. The zero-order chi connectivity index (χ0) is 14.3. The van der Waals surface area contributed by atoms with Gasteiger partial charge in [-0.1, -0.05) is 0 Å². The quantitative estimate of drug-likeness (QED) is 0.828. The van der Waals surface area contributed by atoms with Crippen molar-refractivity contribution in [3.63, 3.8) is 0 Å². The maximum Gasteiger partial charge on any atom is 0.236 e. The number of nitrogens with zero attached hydrogens (tertiary/aromatic N) is 2. The highest BCUT2D eigenvalue weighted by atomic mass is 19.2. The summed E-state index contributed by atoms with van der Waals surface area (Å²) in [6.45, 7) is 1.66. The molecule has 1 N–H and O–H groups in total. The summed E-state index contributed by atoms with van der Waals surface area (Å²) in [6, 6.07) is 0.530. The Bertz CT molecular complexity index is 615. The average Bonchev–Trinajstić information content (AvgIpc) is 2.83. The number of carbonyl (C=O) groups is 1. The minimum absolute atomic E-state index is 0.0569. The smallest absolute Gasteiger partial charge is 0.236 e. The molecule has 0 bridgehead atoms. The third kappa shape index (κ3) is 2.18. The van der Waals surface area contributed by atoms with Gasteiger partial charge in [0.1, 0.15) is 11.5 Å². The van der Waals surface area contributed by atoms with Crippen LogP contribution >= 0.6 is 0 Å². The van der Waals surface area contributed by atoms with Gasteiger partial charge in [0.15, 0.2) is 11.6 Å². The van der Waals surface area contributed by atoms with Crippen molar-refractivity contribution in [2.75, 3.05) is 26.2 Å². The highest BCUT2D eigenvalue weighted by Crippen LogP contribution is 2.33. The number of benzene rings is 1. The Morgan fingerprint density at radius 2 is 2.10 bits per heavy atom. The monoisotopic (exact) mass is 283 g/mol. The highest BCUT2D eigenvalue weighted by Gasteiger charge is 2.27. The number of rotatable bonds is 2. The first-order chi connectivity index (χ1) is 9.56. The molecule has 106 valence electrons. The van der Waals surface area contributed by atoms with E-state index >= 15 is 0 Å². The summed E-state index contributed by atoms with van der Waals surface area (Å²) in [7, 11) is 0. The molecule has 0 aromatic heterocycles. The van der Waals surface area contributed by atoms with Crippen LogP contribution in [0.3, 0.4) is 0 Å². The van der Waals surface area contributed by atoms with E-state index < -0.39 is 17.5 Å². The third-order valence-electron chi connectivity index (χ3n) is 3.46. The van der Waals surface area contributed by atoms with Crippen molar-refractivity contribution in [2.45, 2.75) is 6.42 Å². The molecule has 0 radical (unpaired) electrons. The van der Waals surface area contributed by atoms with Gasteiger partial charge in [0.05, 0.1) is 13.1 Å². The lowest BCUT2D eigenvalue weighted by Crippen LogP contribution is -2.49. The molecule has 1 aromatic rings. The first-order valence-corrected chi connectivity index (χ1v) is 6.27. The molecule has 4 nitrogen and oxygen atoms in total. The van der Waals surface area contributed by atoms with Crippen LogP contribution in [0, 0.1) is 17.5 Å². The Balaban J connectivity index is 1.83. The van der Waals surface area contributed by atoms with Crippen LogP contribution in [0.15, 0.2) is 11.1 Å². The molecule has 0 aliphatic carbocycles. The van der Waals surface area contributed by atoms with Gasteiger partial charge in [-0.2, -0.15) is 0 Å². The summed E-state index contributed by atoms with van der Waals surface area (Å²) in [5.74, 6) is -3.26. The summed E-state index contributed by atoms with van der Waals surface area (Å²) < 4.78 is 40.3. The maximum absolute atomic E-state index is 13.6. The van der Waals surface area contributed by atoms with Crippen LogP contribution in [0.1, 0.15) is 5.56 Å². The molecular weight excluding hydrogens is 271 g/mol. The van der Waals surface area contributed by atoms with Gasteiger partial charge in [0.25, 0.3) is 0 Å². The maximum atomic E-state index is 13.6. The van der Waals surface area contributed by atoms with E-state index in [9.17, 15) is 18.0 Å². The largest absolute Gasteiger partial charge is 0.335 e. The van der Waals surface area contributed by atoms with Crippen LogP contribution in [0.4, 0.5) is 18.9 Å². The predicted octanol–water partition coefficient (Wildman–Crippen LogP) is 1.16. The van der Waals surface area contributed by atoms with Gasteiger partial charge >= 0.3 is 0 Å². The highest BCUT2D eigenvalue weighted by molar-refractivity contribution is 5.97. The normalized spacial score (nSPS) is 18.2. The zero-order valence-corrected chi connectivity index (χ0v) is 10.5. The number of halogens is 3. The van der Waals surface area contributed by atoms with Gasteiger partial charge in [-0.25, -0.2) is 13.2 Å². The second kappa shape index (κ2) is 4.90. The fourth-order valence-corrected chi connectivity index (χ4v) is 2.43. The summed E-state index contributed by atoms with van der Waals surface area (Å²) in [5, 5.41) is 2.93. The molecule has 20 heavy (non-hydrogen) atoms. The summed E-state index contributed by atoms with van der Waals surface area (Å²) in [5.41, 5.74) is 0.250. The minimum atomic E-state index is -1.25. The van der Waals surface area contributed by atoms with E-state index in [1.165, 1.54) is 0 Å². The van der Waals surface area contributed by atoms with Crippen molar-refractivity contribution < 1.29 is 18.0 Å². The molecule has 1 aromatic carbocycles. The molecule has 0 unspecified atom stereocenters. The molecule has 7 heteroatoms. The van der Waals surface area contributed by atoms with Crippen molar-refractivity contribution >= 4 is 17.3 Å². The number of carbonyl (C=O) groups excluding carboxylic acids is 1. The van der Waals surface area contributed by atoms with Gasteiger partial charge in [-0.05, 0) is 0 Å². The van der Waals surface area contributed by atoms with E-state index in [0.717, 1.165) is 0 Å². The second-order valence-electron chi connectivity index (χ2n) is 4.83. The number of nitrogens with one attached hydrogen (secondary N) is 1. The van der Waals surface area contributed by atoms with Crippen LogP contribution in [0.2, 0.25) is 0 Å². The first kappa shape index (κ1) is 13.1. The van der Waals surface area contributed by atoms with E-state index in [4.69, 9.17) is 0 Å². The van der Waals surface area contributed by atoms with Crippen molar-refractivity contribution in [1.29, 1.82) is 0 Å². The van der Waals surface area contributed by atoms with Crippen LogP contribution in [-0.4, -0.2) is 42.7 Å². The van der Waals surface area contributed by atoms with E-state index in [-0.39, 0.29) is 36.7 Å².